The molecule has 5 nitrogen and oxygen atoms in total. The molecule has 176 valence electrons. The van der Waals surface area contributed by atoms with Gasteiger partial charge in [0.05, 0.1) is 24.5 Å². The van der Waals surface area contributed by atoms with Gasteiger partial charge in [-0.3, -0.25) is 9.59 Å². The third kappa shape index (κ3) is 6.52. The van der Waals surface area contributed by atoms with Gasteiger partial charge in [-0.2, -0.15) is 0 Å². The van der Waals surface area contributed by atoms with Gasteiger partial charge in [0.2, 0.25) is 5.91 Å². The maximum atomic E-state index is 13.4. The average molecular weight is 483 g/mol. The lowest BCUT2D eigenvalue weighted by Crippen LogP contribution is -2.29. The zero-order chi connectivity index (χ0) is 24.5. The fraction of sp³-hybridized carbons (Fsp3) is 0.103. The molecule has 2 amide bonds. The minimum Gasteiger partial charge on any atom is -0.497 e. The fourth-order valence-electron chi connectivity index (χ4n) is 3.68. The van der Waals surface area contributed by atoms with Gasteiger partial charge < -0.3 is 15.4 Å². The second-order valence-corrected chi connectivity index (χ2v) is 8.81. The van der Waals surface area contributed by atoms with Crippen molar-refractivity contribution in [1.29, 1.82) is 0 Å². The summed E-state index contributed by atoms with van der Waals surface area (Å²) >= 11 is 1.33. The van der Waals surface area contributed by atoms with Gasteiger partial charge in [-0.1, -0.05) is 78.9 Å². The molecule has 0 unspecified atom stereocenters. The highest BCUT2D eigenvalue weighted by molar-refractivity contribution is 8.00. The first-order valence-electron chi connectivity index (χ1n) is 11.2. The number of amides is 2. The molecule has 0 fully saturated rings. The Morgan fingerprint density at radius 3 is 2.09 bits per heavy atom. The van der Waals surface area contributed by atoms with Gasteiger partial charge in [0, 0.05) is 16.6 Å². The Labute approximate surface area is 209 Å². The number of anilines is 1. The number of hydrogen-bond donors (Lipinski definition) is 2. The molecule has 0 radical (unpaired) electrons. The molecule has 4 aromatic carbocycles. The van der Waals surface area contributed by atoms with Crippen molar-refractivity contribution in [2.75, 3.05) is 18.2 Å². The molecule has 2 N–H and O–H groups in total. The van der Waals surface area contributed by atoms with Crippen molar-refractivity contribution >= 4 is 29.3 Å². The fourth-order valence-corrected chi connectivity index (χ4v) is 4.53. The Morgan fingerprint density at radius 2 is 1.43 bits per heavy atom. The zero-order valence-electron chi connectivity index (χ0n) is 19.3. The Morgan fingerprint density at radius 1 is 0.800 bits per heavy atom. The number of methoxy groups -OCH3 is 1. The largest absolute Gasteiger partial charge is 0.497 e. The minimum absolute atomic E-state index is 0.162. The number of carbonyl (C=O) groups excluding carboxylic acids is 2. The molecular formula is C29H26N2O3S. The highest BCUT2D eigenvalue weighted by Gasteiger charge is 2.20. The van der Waals surface area contributed by atoms with Gasteiger partial charge in [0.25, 0.3) is 5.91 Å². The quantitative estimate of drug-likeness (QED) is 0.290. The van der Waals surface area contributed by atoms with E-state index >= 15 is 0 Å². The van der Waals surface area contributed by atoms with E-state index in [2.05, 4.69) is 10.6 Å². The second kappa shape index (κ2) is 11.9. The predicted octanol–water partition coefficient (Wildman–Crippen LogP) is 5.95. The number of carbonyl (C=O) groups is 2. The van der Waals surface area contributed by atoms with Gasteiger partial charge in [-0.05, 0) is 35.4 Å². The summed E-state index contributed by atoms with van der Waals surface area (Å²) in [4.78, 5) is 26.7. The highest BCUT2D eigenvalue weighted by Crippen LogP contribution is 2.26. The molecule has 0 spiro atoms. The van der Waals surface area contributed by atoms with Crippen LogP contribution < -0.4 is 15.4 Å². The van der Waals surface area contributed by atoms with Crippen molar-refractivity contribution in [2.24, 2.45) is 0 Å². The van der Waals surface area contributed by atoms with Crippen molar-refractivity contribution in [2.45, 2.75) is 10.9 Å². The third-order valence-electron chi connectivity index (χ3n) is 5.39. The lowest BCUT2D eigenvalue weighted by molar-refractivity contribution is -0.113. The van der Waals surface area contributed by atoms with Crippen LogP contribution in [-0.4, -0.2) is 24.7 Å². The van der Waals surface area contributed by atoms with Crippen LogP contribution >= 0.6 is 11.8 Å². The van der Waals surface area contributed by atoms with Crippen LogP contribution in [0.3, 0.4) is 0 Å². The maximum absolute atomic E-state index is 13.4. The summed E-state index contributed by atoms with van der Waals surface area (Å²) in [6.45, 7) is 0. The first kappa shape index (κ1) is 24.1. The van der Waals surface area contributed by atoms with Crippen molar-refractivity contribution in [3.63, 3.8) is 0 Å². The molecule has 35 heavy (non-hydrogen) atoms. The molecule has 0 atom stereocenters. The zero-order valence-corrected chi connectivity index (χ0v) is 20.1. The van der Waals surface area contributed by atoms with Crippen molar-refractivity contribution < 1.29 is 14.3 Å². The van der Waals surface area contributed by atoms with E-state index in [0.717, 1.165) is 16.0 Å². The Balaban J connectivity index is 1.47. The summed E-state index contributed by atoms with van der Waals surface area (Å²) in [5, 5.41) is 6.05. The van der Waals surface area contributed by atoms with Crippen LogP contribution in [0, 0.1) is 0 Å². The van der Waals surface area contributed by atoms with E-state index in [9.17, 15) is 9.59 Å². The lowest BCUT2D eigenvalue weighted by Gasteiger charge is -2.21. The number of benzene rings is 4. The number of thioether (sulfide) groups is 1. The van der Waals surface area contributed by atoms with E-state index in [4.69, 9.17) is 4.74 Å². The summed E-state index contributed by atoms with van der Waals surface area (Å²) in [5.74, 6) is 0.482. The summed E-state index contributed by atoms with van der Waals surface area (Å²) in [6, 6.07) is 34.0. The Hall–Kier alpha value is -4.03. The van der Waals surface area contributed by atoms with Crippen molar-refractivity contribution in [3.8, 4) is 5.75 Å². The van der Waals surface area contributed by atoms with Gasteiger partial charge in [-0.15, -0.1) is 11.8 Å². The van der Waals surface area contributed by atoms with Crippen LogP contribution in [0.4, 0.5) is 5.69 Å². The van der Waals surface area contributed by atoms with Gasteiger partial charge >= 0.3 is 0 Å². The lowest BCUT2D eigenvalue weighted by atomic mass is 9.98. The summed E-state index contributed by atoms with van der Waals surface area (Å²) < 4.78 is 5.20. The van der Waals surface area contributed by atoms with E-state index in [1.807, 2.05) is 91.0 Å². The van der Waals surface area contributed by atoms with E-state index in [0.29, 0.717) is 17.0 Å². The second-order valence-electron chi connectivity index (χ2n) is 7.79. The molecule has 0 aromatic heterocycles. The van der Waals surface area contributed by atoms with Crippen LogP contribution in [0.5, 0.6) is 5.75 Å². The van der Waals surface area contributed by atoms with E-state index in [1.54, 1.807) is 25.3 Å². The summed E-state index contributed by atoms with van der Waals surface area (Å²) in [5.41, 5.74) is 3.18. The monoisotopic (exact) mass is 482 g/mol. The molecule has 0 heterocycles. The highest BCUT2D eigenvalue weighted by atomic mass is 32.2. The predicted molar refractivity (Wildman–Crippen MR) is 141 cm³/mol. The molecule has 4 aromatic rings. The summed E-state index contributed by atoms with van der Waals surface area (Å²) in [6.07, 6.45) is 0. The Bertz CT molecular complexity index is 1240. The van der Waals surface area contributed by atoms with Crippen LogP contribution in [0.1, 0.15) is 27.5 Å². The average Bonchev–Trinajstić information content (AvgIpc) is 2.91. The first-order valence-corrected chi connectivity index (χ1v) is 12.2. The van der Waals surface area contributed by atoms with Crippen LogP contribution in [0.2, 0.25) is 0 Å². The normalized spacial score (nSPS) is 10.6. The first-order chi connectivity index (χ1) is 17.1. The van der Waals surface area contributed by atoms with Gasteiger partial charge in [0.1, 0.15) is 5.75 Å². The topological polar surface area (TPSA) is 67.4 Å². The minimum atomic E-state index is -0.292. The van der Waals surface area contributed by atoms with Gasteiger partial charge in [0.15, 0.2) is 0 Å². The molecule has 0 aliphatic carbocycles. The molecule has 0 saturated carbocycles. The third-order valence-corrected chi connectivity index (χ3v) is 6.46. The molecular weight excluding hydrogens is 456 g/mol. The van der Waals surface area contributed by atoms with Crippen molar-refractivity contribution in [3.05, 3.63) is 126 Å². The summed E-state index contributed by atoms with van der Waals surface area (Å²) in [7, 11) is 1.58. The van der Waals surface area contributed by atoms with E-state index in [-0.39, 0.29) is 23.6 Å². The smallest absolute Gasteiger partial charge is 0.253 e. The Kier molecular flexibility index (Phi) is 8.20. The van der Waals surface area contributed by atoms with E-state index < -0.39 is 0 Å². The number of hydrogen-bond acceptors (Lipinski definition) is 4. The molecule has 0 aliphatic heterocycles. The molecule has 4 rings (SSSR count). The van der Waals surface area contributed by atoms with Crippen LogP contribution in [0.15, 0.2) is 114 Å². The number of rotatable bonds is 9. The van der Waals surface area contributed by atoms with Crippen LogP contribution in [0.25, 0.3) is 0 Å². The number of nitrogens with one attached hydrogen (secondary N) is 2. The standard InChI is InChI=1S/C29H26N2O3S/c1-34-24-16-10-15-23(19-24)30-27(32)20-35-26-18-9-8-17-25(26)29(33)31-28(21-11-4-2-5-12-21)22-13-6-3-7-14-22/h2-19,28H,20H2,1H3,(H,30,32)(H,31,33). The molecule has 0 saturated heterocycles. The molecule has 0 bridgehead atoms. The van der Waals surface area contributed by atoms with Crippen LogP contribution in [-0.2, 0) is 4.79 Å². The molecule has 6 heteroatoms. The van der Waals surface area contributed by atoms with Crippen molar-refractivity contribution in [1.82, 2.24) is 5.32 Å². The molecule has 0 aliphatic rings. The maximum Gasteiger partial charge on any atom is 0.253 e. The SMILES string of the molecule is COc1cccc(NC(=O)CSc2ccccc2C(=O)NC(c2ccccc2)c2ccccc2)c1. The van der Waals surface area contributed by atoms with Gasteiger partial charge in [-0.25, -0.2) is 0 Å². The van der Waals surface area contributed by atoms with E-state index in [1.165, 1.54) is 11.8 Å². The number of ether oxygens (including phenoxy) is 1.